The first-order valence-electron chi connectivity index (χ1n) is 7.31. The molecule has 0 unspecified atom stereocenters. The summed E-state index contributed by atoms with van der Waals surface area (Å²) in [5.41, 5.74) is 2.56. The standard InChI is InChI=1S/C18H19FN2O2/c1-13-3-9-17(10-4-13)21(14(2)22)12-18(23)20-11-15-5-7-16(19)8-6-15/h3-10H,11-12H2,1-2H3,(H,20,23). The Kier molecular flexibility index (Phi) is 5.46. The first-order valence-corrected chi connectivity index (χ1v) is 7.31. The molecule has 0 atom stereocenters. The van der Waals surface area contributed by atoms with Crippen molar-refractivity contribution in [2.75, 3.05) is 11.4 Å². The fourth-order valence-corrected chi connectivity index (χ4v) is 2.11. The molecule has 2 aromatic rings. The van der Waals surface area contributed by atoms with E-state index in [1.54, 1.807) is 12.1 Å². The zero-order chi connectivity index (χ0) is 16.8. The smallest absolute Gasteiger partial charge is 0.240 e. The van der Waals surface area contributed by atoms with Gasteiger partial charge in [0.2, 0.25) is 11.8 Å². The molecule has 0 aliphatic rings. The number of carbonyl (C=O) groups excluding carboxylic acids is 2. The molecule has 2 rings (SSSR count). The van der Waals surface area contributed by atoms with Crippen LogP contribution in [0.15, 0.2) is 48.5 Å². The third-order valence-electron chi connectivity index (χ3n) is 3.43. The van der Waals surface area contributed by atoms with Crippen molar-refractivity contribution >= 4 is 17.5 Å². The van der Waals surface area contributed by atoms with Crippen molar-refractivity contribution in [2.45, 2.75) is 20.4 Å². The van der Waals surface area contributed by atoms with E-state index >= 15 is 0 Å². The van der Waals surface area contributed by atoms with Crippen molar-refractivity contribution in [1.29, 1.82) is 0 Å². The maximum atomic E-state index is 12.8. The first-order chi connectivity index (χ1) is 11.0. The van der Waals surface area contributed by atoms with Crippen LogP contribution in [0.2, 0.25) is 0 Å². The van der Waals surface area contributed by atoms with Gasteiger partial charge in [-0.05, 0) is 36.8 Å². The molecule has 2 aromatic carbocycles. The molecule has 0 fully saturated rings. The molecule has 0 saturated carbocycles. The SMILES string of the molecule is CC(=O)N(CC(=O)NCc1ccc(F)cc1)c1ccc(C)cc1. The summed E-state index contributed by atoms with van der Waals surface area (Å²) in [6.45, 7) is 3.61. The van der Waals surface area contributed by atoms with Crippen LogP contribution < -0.4 is 10.2 Å². The number of hydrogen-bond donors (Lipinski definition) is 1. The lowest BCUT2D eigenvalue weighted by Gasteiger charge is -2.21. The maximum Gasteiger partial charge on any atom is 0.240 e. The van der Waals surface area contributed by atoms with E-state index in [0.29, 0.717) is 12.2 Å². The number of anilines is 1. The van der Waals surface area contributed by atoms with Gasteiger partial charge in [-0.1, -0.05) is 29.8 Å². The first kappa shape index (κ1) is 16.7. The summed E-state index contributed by atoms with van der Waals surface area (Å²) < 4.78 is 12.8. The highest BCUT2D eigenvalue weighted by atomic mass is 19.1. The van der Waals surface area contributed by atoms with Crippen LogP contribution >= 0.6 is 0 Å². The largest absolute Gasteiger partial charge is 0.350 e. The van der Waals surface area contributed by atoms with Crippen molar-refractivity contribution in [2.24, 2.45) is 0 Å². The molecule has 5 heteroatoms. The summed E-state index contributed by atoms with van der Waals surface area (Å²) in [5.74, 6) is -0.793. The van der Waals surface area contributed by atoms with Crippen molar-refractivity contribution in [3.8, 4) is 0 Å². The van der Waals surface area contributed by atoms with E-state index in [-0.39, 0.29) is 24.2 Å². The van der Waals surface area contributed by atoms with E-state index < -0.39 is 0 Å². The van der Waals surface area contributed by atoms with Gasteiger partial charge in [-0.25, -0.2) is 4.39 Å². The molecule has 0 aliphatic heterocycles. The molecule has 23 heavy (non-hydrogen) atoms. The normalized spacial score (nSPS) is 10.2. The molecule has 0 radical (unpaired) electrons. The number of benzene rings is 2. The van der Waals surface area contributed by atoms with Gasteiger partial charge in [0, 0.05) is 19.2 Å². The van der Waals surface area contributed by atoms with Gasteiger partial charge < -0.3 is 10.2 Å². The lowest BCUT2D eigenvalue weighted by Crippen LogP contribution is -2.39. The van der Waals surface area contributed by atoms with Gasteiger partial charge in [0.1, 0.15) is 12.4 Å². The molecule has 4 nitrogen and oxygen atoms in total. The van der Waals surface area contributed by atoms with Gasteiger partial charge in [-0.3, -0.25) is 9.59 Å². The maximum absolute atomic E-state index is 12.8. The van der Waals surface area contributed by atoms with Crippen LogP contribution in [0.1, 0.15) is 18.1 Å². The van der Waals surface area contributed by atoms with Crippen LogP contribution in [0.25, 0.3) is 0 Å². The van der Waals surface area contributed by atoms with Crippen LogP contribution in [0.5, 0.6) is 0 Å². The lowest BCUT2D eigenvalue weighted by atomic mass is 10.2. The Balaban J connectivity index is 1.96. The van der Waals surface area contributed by atoms with Crippen LogP contribution in [0.3, 0.4) is 0 Å². The Morgan fingerprint density at radius 1 is 1.04 bits per heavy atom. The summed E-state index contributed by atoms with van der Waals surface area (Å²) >= 11 is 0. The van der Waals surface area contributed by atoms with Crippen molar-refractivity contribution in [3.63, 3.8) is 0 Å². The second kappa shape index (κ2) is 7.54. The average Bonchev–Trinajstić information content (AvgIpc) is 2.53. The summed E-state index contributed by atoms with van der Waals surface area (Å²) in [6.07, 6.45) is 0. The Bertz CT molecular complexity index is 681. The molecule has 2 amide bonds. The van der Waals surface area contributed by atoms with Crippen LogP contribution in [0.4, 0.5) is 10.1 Å². The molecular formula is C18H19FN2O2. The number of carbonyl (C=O) groups is 2. The summed E-state index contributed by atoms with van der Waals surface area (Å²) in [4.78, 5) is 25.3. The van der Waals surface area contributed by atoms with Gasteiger partial charge in [0.05, 0.1) is 0 Å². The van der Waals surface area contributed by atoms with Crippen molar-refractivity contribution < 1.29 is 14.0 Å². The number of amides is 2. The zero-order valence-electron chi connectivity index (χ0n) is 13.2. The van der Waals surface area contributed by atoms with Gasteiger partial charge in [-0.2, -0.15) is 0 Å². The quantitative estimate of drug-likeness (QED) is 0.922. The minimum Gasteiger partial charge on any atom is -0.350 e. The molecule has 0 heterocycles. The molecule has 0 bridgehead atoms. The van der Waals surface area contributed by atoms with Crippen molar-refractivity contribution in [1.82, 2.24) is 5.32 Å². The van der Waals surface area contributed by atoms with Gasteiger partial charge >= 0.3 is 0 Å². The number of aryl methyl sites for hydroxylation is 1. The Morgan fingerprint density at radius 2 is 1.65 bits per heavy atom. The number of halogens is 1. The Labute approximate surface area is 134 Å². The molecule has 120 valence electrons. The Morgan fingerprint density at radius 3 is 2.22 bits per heavy atom. The third kappa shape index (κ3) is 4.92. The van der Waals surface area contributed by atoms with E-state index in [1.165, 1.54) is 24.0 Å². The van der Waals surface area contributed by atoms with E-state index in [0.717, 1.165) is 11.1 Å². The predicted octanol–water partition coefficient (Wildman–Crippen LogP) is 2.80. The zero-order valence-corrected chi connectivity index (χ0v) is 13.2. The topological polar surface area (TPSA) is 49.4 Å². The fourth-order valence-electron chi connectivity index (χ4n) is 2.11. The molecule has 1 N–H and O–H groups in total. The number of rotatable bonds is 5. The van der Waals surface area contributed by atoms with Crippen molar-refractivity contribution in [3.05, 3.63) is 65.5 Å². The number of hydrogen-bond acceptors (Lipinski definition) is 2. The summed E-state index contributed by atoms with van der Waals surface area (Å²) in [6, 6.07) is 13.3. The highest BCUT2D eigenvalue weighted by Crippen LogP contribution is 2.15. The molecular weight excluding hydrogens is 295 g/mol. The van der Waals surface area contributed by atoms with E-state index in [2.05, 4.69) is 5.32 Å². The second-order valence-electron chi connectivity index (χ2n) is 5.34. The van der Waals surface area contributed by atoms with E-state index in [1.807, 2.05) is 31.2 Å². The molecule has 0 aromatic heterocycles. The van der Waals surface area contributed by atoms with Gasteiger partial charge in [0.15, 0.2) is 0 Å². The van der Waals surface area contributed by atoms with Gasteiger partial charge in [0.25, 0.3) is 0 Å². The Hall–Kier alpha value is -2.69. The van der Waals surface area contributed by atoms with Crippen LogP contribution in [-0.4, -0.2) is 18.4 Å². The second-order valence-corrected chi connectivity index (χ2v) is 5.34. The summed E-state index contributed by atoms with van der Waals surface area (Å²) in [7, 11) is 0. The minimum absolute atomic E-state index is 0.0560. The minimum atomic E-state index is -0.317. The summed E-state index contributed by atoms with van der Waals surface area (Å²) in [5, 5.41) is 2.73. The molecule has 0 spiro atoms. The van der Waals surface area contributed by atoms with E-state index in [4.69, 9.17) is 0 Å². The molecule has 0 saturated heterocycles. The average molecular weight is 314 g/mol. The number of nitrogens with one attached hydrogen (secondary N) is 1. The molecule has 0 aliphatic carbocycles. The number of nitrogens with zero attached hydrogens (tertiary/aromatic N) is 1. The van der Waals surface area contributed by atoms with Crippen LogP contribution in [-0.2, 0) is 16.1 Å². The third-order valence-corrected chi connectivity index (χ3v) is 3.43. The highest BCUT2D eigenvalue weighted by Gasteiger charge is 2.15. The monoisotopic (exact) mass is 314 g/mol. The highest BCUT2D eigenvalue weighted by molar-refractivity contribution is 5.97. The predicted molar refractivity (Wildman–Crippen MR) is 87.5 cm³/mol. The van der Waals surface area contributed by atoms with Gasteiger partial charge in [-0.15, -0.1) is 0 Å². The van der Waals surface area contributed by atoms with E-state index in [9.17, 15) is 14.0 Å². The fraction of sp³-hybridized carbons (Fsp3) is 0.222. The van der Waals surface area contributed by atoms with Crippen LogP contribution in [0, 0.1) is 12.7 Å². The lowest BCUT2D eigenvalue weighted by molar-refractivity contribution is -0.123.